The molecule has 0 saturated heterocycles. The van der Waals surface area contributed by atoms with Crippen LogP contribution in [0.15, 0.2) is 28.7 Å². The number of hydrogen-bond acceptors (Lipinski definition) is 2. The lowest BCUT2D eigenvalue weighted by Crippen LogP contribution is -2.44. The normalized spacial score (nSPS) is 34.2. The van der Waals surface area contributed by atoms with Crippen LogP contribution in [0.5, 0.6) is 0 Å². The summed E-state index contributed by atoms with van der Waals surface area (Å²) < 4.78 is 1.18. The third-order valence-corrected chi connectivity index (χ3v) is 6.29. The summed E-state index contributed by atoms with van der Waals surface area (Å²) in [5.41, 5.74) is 1.51. The van der Waals surface area contributed by atoms with E-state index < -0.39 is 0 Å². The highest BCUT2D eigenvalue weighted by Crippen LogP contribution is 2.38. The van der Waals surface area contributed by atoms with Crippen LogP contribution in [0.25, 0.3) is 0 Å². The average molecular weight is 340 g/mol. The molecular formula is C16H22BrNS. The standard InChI is InChI=1S/C16H22BrNS/c1-19-16-7-6-14(10-16)18-15-8-12(9-15)11-2-4-13(17)5-3-11/h2-5,12,14-16,18H,6-10H2,1H3. The first kappa shape index (κ1) is 14.0. The number of benzene rings is 1. The molecule has 0 radical (unpaired) electrons. The Balaban J connectivity index is 1.44. The first-order valence-electron chi connectivity index (χ1n) is 7.29. The summed E-state index contributed by atoms with van der Waals surface area (Å²) >= 11 is 5.55. The maximum Gasteiger partial charge on any atom is 0.0175 e. The topological polar surface area (TPSA) is 12.0 Å². The summed E-state index contributed by atoms with van der Waals surface area (Å²) in [5.74, 6) is 0.781. The number of halogens is 1. The molecule has 3 heteroatoms. The Morgan fingerprint density at radius 3 is 2.42 bits per heavy atom. The highest BCUT2D eigenvalue weighted by Gasteiger charge is 2.33. The molecule has 1 nitrogen and oxygen atoms in total. The van der Waals surface area contributed by atoms with Gasteiger partial charge in [-0.05, 0) is 62.0 Å². The van der Waals surface area contributed by atoms with Gasteiger partial charge in [0.1, 0.15) is 0 Å². The van der Waals surface area contributed by atoms with Crippen molar-refractivity contribution >= 4 is 27.7 Å². The molecule has 0 aromatic heterocycles. The molecule has 2 unspecified atom stereocenters. The van der Waals surface area contributed by atoms with Gasteiger partial charge in [0.15, 0.2) is 0 Å². The van der Waals surface area contributed by atoms with Gasteiger partial charge < -0.3 is 5.32 Å². The second-order valence-electron chi connectivity index (χ2n) is 5.95. The van der Waals surface area contributed by atoms with Gasteiger partial charge >= 0.3 is 0 Å². The van der Waals surface area contributed by atoms with E-state index in [1.54, 1.807) is 0 Å². The molecule has 1 aromatic carbocycles. The average Bonchev–Trinajstić information content (AvgIpc) is 2.82. The zero-order valence-electron chi connectivity index (χ0n) is 11.4. The fourth-order valence-corrected chi connectivity index (χ4v) is 4.46. The minimum Gasteiger partial charge on any atom is -0.311 e. The molecule has 19 heavy (non-hydrogen) atoms. The van der Waals surface area contributed by atoms with Crippen molar-refractivity contribution < 1.29 is 0 Å². The Bertz CT molecular complexity index is 413. The van der Waals surface area contributed by atoms with Gasteiger partial charge in [-0.2, -0.15) is 11.8 Å². The van der Waals surface area contributed by atoms with Gasteiger partial charge in [-0.25, -0.2) is 0 Å². The maximum absolute atomic E-state index is 3.87. The number of nitrogens with one attached hydrogen (secondary N) is 1. The molecule has 2 aliphatic carbocycles. The lowest BCUT2D eigenvalue weighted by molar-refractivity contribution is 0.265. The monoisotopic (exact) mass is 339 g/mol. The Morgan fingerprint density at radius 2 is 1.79 bits per heavy atom. The van der Waals surface area contributed by atoms with E-state index in [1.165, 1.54) is 42.1 Å². The number of rotatable bonds is 4. The molecule has 1 N–H and O–H groups in total. The second-order valence-corrected chi connectivity index (χ2v) is 8.00. The van der Waals surface area contributed by atoms with Crippen LogP contribution < -0.4 is 5.32 Å². The van der Waals surface area contributed by atoms with Gasteiger partial charge in [0.05, 0.1) is 0 Å². The second kappa shape index (κ2) is 6.19. The molecule has 0 spiro atoms. The van der Waals surface area contributed by atoms with Crippen LogP contribution in [0.2, 0.25) is 0 Å². The van der Waals surface area contributed by atoms with Crippen molar-refractivity contribution in [3.8, 4) is 0 Å². The molecule has 0 amide bonds. The van der Waals surface area contributed by atoms with E-state index in [0.29, 0.717) is 0 Å². The first-order valence-corrected chi connectivity index (χ1v) is 9.37. The molecule has 2 fully saturated rings. The first-order chi connectivity index (χ1) is 9.24. The highest BCUT2D eigenvalue weighted by atomic mass is 79.9. The van der Waals surface area contributed by atoms with Crippen LogP contribution >= 0.6 is 27.7 Å². The molecule has 104 valence electrons. The van der Waals surface area contributed by atoms with Gasteiger partial charge in [0, 0.05) is 21.8 Å². The maximum atomic E-state index is 3.87. The summed E-state index contributed by atoms with van der Waals surface area (Å²) in [6.45, 7) is 0. The van der Waals surface area contributed by atoms with Crippen molar-refractivity contribution in [1.82, 2.24) is 5.32 Å². The fourth-order valence-electron chi connectivity index (χ4n) is 3.40. The summed E-state index contributed by atoms with van der Waals surface area (Å²) in [4.78, 5) is 0. The van der Waals surface area contributed by atoms with Gasteiger partial charge in [0.2, 0.25) is 0 Å². The third kappa shape index (κ3) is 3.37. The van der Waals surface area contributed by atoms with E-state index in [0.717, 1.165) is 23.3 Å². The van der Waals surface area contributed by atoms with Gasteiger partial charge in [-0.1, -0.05) is 28.1 Å². The number of hydrogen-bond donors (Lipinski definition) is 1. The number of thioether (sulfide) groups is 1. The van der Waals surface area contributed by atoms with Gasteiger partial charge in [0.25, 0.3) is 0 Å². The lowest BCUT2D eigenvalue weighted by atomic mass is 9.75. The van der Waals surface area contributed by atoms with Crippen LogP contribution in [0.3, 0.4) is 0 Å². The molecule has 2 aliphatic rings. The van der Waals surface area contributed by atoms with Crippen LogP contribution in [-0.2, 0) is 0 Å². The van der Waals surface area contributed by atoms with Crippen molar-refractivity contribution in [2.24, 2.45) is 0 Å². The fraction of sp³-hybridized carbons (Fsp3) is 0.625. The Labute approximate surface area is 129 Å². The van der Waals surface area contributed by atoms with Crippen LogP contribution in [-0.4, -0.2) is 23.6 Å². The van der Waals surface area contributed by atoms with Crippen molar-refractivity contribution in [3.05, 3.63) is 34.3 Å². The van der Waals surface area contributed by atoms with Gasteiger partial charge in [-0.15, -0.1) is 0 Å². The van der Waals surface area contributed by atoms with Crippen LogP contribution in [0.4, 0.5) is 0 Å². The summed E-state index contributed by atoms with van der Waals surface area (Å²) in [7, 11) is 0. The Morgan fingerprint density at radius 1 is 1.05 bits per heavy atom. The van der Waals surface area contributed by atoms with Crippen molar-refractivity contribution in [2.75, 3.05) is 6.26 Å². The lowest BCUT2D eigenvalue weighted by Gasteiger charge is -2.38. The van der Waals surface area contributed by atoms with Gasteiger partial charge in [-0.3, -0.25) is 0 Å². The zero-order chi connectivity index (χ0) is 13.2. The van der Waals surface area contributed by atoms with Crippen LogP contribution in [0.1, 0.15) is 43.6 Å². The van der Waals surface area contributed by atoms with E-state index in [9.17, 15) is 0 Å². The quantitative estimate of drug-likeness (QED) is 0.862. The highest BCUT2D eigenvalue weighted by molar-refractivity contribution is 9.10. The molecule has 2 saturated carbocycles. The van der Waals surface area contributed by atoms with E-state index in [-0.39, 0.29) is 0 Å². The molecule has 0 heterocycles. The van der Waals surface area contributed by atoms with Crippen molar-refractivity contribution in [2.45, 2.75) is 55.4 Å². The van der Waals surface area contributed by atoms with Crippen LogP contribution in [0, 0.1) is 0 Å². The van der Waals surface area contributed by atoms with E-state index in [4.69, 9.17) is 0 Å². The Kier molecular flexibility index (Phi) is 4.55. The molecule has 2 atom stereocenters. The summed E-state index contributed by atoms with van der Waals surface area (Å²) in [6, 6.07) is 10.4. The third-order valence-electron chi connectivity index (χ3n) is 4.67. The summed E-state index contributed by atoms with van der Waals surface area (Å²) in [6.07, 6.45) is 9.05. The van der Waals surface area contributed by atoms with Crippen molar-refractivity contribution in [1.29, 1.82) is 0 Å². The molecule has 3 rings (SSSR count). The predicted molar refractivity (Wildman–Crippen MR) is 88.0 cm³/mol. The molecule has 0 aliphatic heterocycles. The Hall–Kier alpha value is 0.01000. The minimum atomic E-state index is 0.763. The summed E-state index contributed by atoms with van der Waals surface area (Å²) in [5, 5.41) is 4.77. The van der Waals surface area contributed by atoms with E-state index >= 15 is 0 Å². The van der Waals surface area contributed by atoms with E-state index in [2.05, 4.69) is 51.8 Å². The molecule has 1 aromatic rings. The minimum absolute atomic E-state index is 0.763. The largest absolute Gasteiger partial charge is 0.311 e. The smallest absolute Gasteiger partial charge is 0.0175 e. The zero-order valence-corrected chi connectivity index (χ0v) is 13.8. The van der Waals surface area contributed by atoms with E-state index in [1.807, 2.05) is 11.8 Å². The SMILES string of the molecule is CSC1CCC(NC2CC(c3ccc(Br)cc3)C2)C1. The molecule has 0 bridgehead atoms. The predicted octanol–water partition coefficient (Wildman–Crippen LogP) is 4.57. The van der Waals surface area contributed by atoms with Crippen molar-refractivity contribution in [3.63, 3.8) is 0 Å². The molecular weight excluding hydrogens is 318 g/mol.